The Bertz CT molecular complexity index is 594. The molecule has 1 aromatic rings. The fraction of sp³-hybridized carbons (Fsp3) is 0.333. The first-order chi connectivity index (χ1) is 9.35. The van der Waals surface area contributed by atoms with Crippen LogP contribution in [0, 0.1) is 0 Å². The average Bonchev–Trinajstić information content (AvgIpc) is 2.37. The van der Waals surface area contributed by atoms with Crippen LogP contribution >= 0.6 is 0 Å². The number of hydrogen-bond donors (Lipinski definition) is 2. The van der Waals surface area contributed by atoms with Gasteiger partial charge in [-0.3, -0.25) is 4.79 Å². The van der Waals surface area contributed by atoms with E-state index in [0.29, 0.717) is 11.4 Å². The molecule has 0 bridgehead atoms. The fourth-order valence-electron chi connectivity index (χ4n) is 1.30. The zero-order valence-electron chi connectivity index (χ0n) is 11.3. The Kier molecular flexibility index (Phi) is 5.51. The standard InChI is InChI=1S/C12H17N3O4S/c1-3-19-12(16)8-9(2)14-15-20(17,18)11-6-4-10(13)5-7-11/h4-7,15H,3,8,13H2,1-2H3. The summed E-state index contributed by atoms with van der Waals surface area (Å²) < 4.78 is 28.5. The zero-order valence-corrected chi connectivity index (χ0v) is 12.1. The molecule has 0 fully saturated rings. The molecule has 0 spiro atoms. The number of sulfonamides is 1. The normalized spacial score (nSPS) is 12.0. The highest BCUT2D eigenvalue weighted by Crippen LogP contribution is 2.11. The second-order valence-corrected chi connectivity index (χ2v) is 5.65. The number of hydrazone groups is 1. The van der Waals surface area contributed by atoms with Gasteiger partial charge in [0.15, 0.2) is 0 Å². The van der Waals surface area contributed by atoms with Crippen LogP contribution in [0.1, 0.15) is 20.3 Å². The van der Waals surface area contributed by atoms with Crippen molar-refractivity contribution < 1.29 is 17.9 Å². The van der Waals surface area contributed by atoms with Gasteiger partial charge in [-0.25, -0.2) is 4.83 Å². The summed E-state index contributed by atoms with van der Waals surface area (Å²) in [5.41, 5.74) is 6.25. The van der Waals surface area contributed by atoms with Gasteiger partial charge in [-0.2, -0.15) is 13.5 Å². The zero-order chi connectivity index (χ0) is 15.2. The minimum absolute atomic E-state index is 0.0411. The lowest BCUT2D eigenvalue weighted by Crippen LogP contribution is -2.20. The van der Waals surface area contributed by atoms with Crippen LogP contribution in [0.5, 0.6) is 0 Å². The lowest BCUT2D eigenvalue weighted by atomic mass is 10.3. The molecule has 1 rings (SSSR count). The molecule has 0 atom stereocenters. The molecule has 0 amide bonds. The first-order valence-corrected chi connectivity index (χ1v) is 7.39. The largest absolute Gasteiger partial charge is 0.466 e. The van der Waals surface area contributed by atoms with Crippen LogP contribution < -0.4 is 10.6 Å². The van der Waals surface area contributed by atoms with E-state index in [1.54, 1.807) is 6.92 Å². The SMILES string of the molecule is CCOC(=O)CC(C)=NNS(=O)(=O)c1ccc(N)cc1. The highest BCUT2D eigenvalue weighted by Gasteiger charge is 2.13. The van der Waals surface area contributed by atoms with Crippen LogP contribution in [-0.4, -0.2) is 26.7 Å². The number of nitrogens with zero attached hydrogens (tertiary/aromatic N) is 1. The number of nitrogen functional groups attached to an aromatic ring is 1. The van der Waals surface area contributed by atoms with E-state index < -0.39 is 16.0 Å². The second-order valence-electron chi connectivity index (χ2n) is 3.99. The van der Waals surface area contributed by atoms with Gasteiger partial charge in [0.25, 0.3) is 10.0 Å². The molecule has 3 N–H and O–H groups in total. The molecule has 0 radical (unpaired) electrons. The Morgan fingerprint density at radius 2 is 1.95 bits per heavy atom. The molecule has 0 unspecified atom stereocenters. The van der Waals surface area contributed by atoms with E-state index in [0.717, 1.165) is 0 Å². The molecular weight excluding hydrogens is 282 g/mol. The number of rotatable bonds is 6. The number of ether oxygens (including phenoxy) is 1. The van der Waals surface area contributed by atoms with Crippen molar-refractivity contribution in [2.75, 3.05) is 12.3 Å². The van der Waals surface area contributed by atoms with Crippen molar-refractivity contribution in [2.45, 2.75) is 25.2 Å². The molecule has 8 heteroatoms. The highest BCUT2D eigenvalue weighted by molar-refractivity contribution is 7.89. The summed E-state index contributed by atoms with van der Waals surface area (Å²) in [5, 5.41) is 3.66. The minimum atomic E-state index is -3.77. The van der Waals surface area contributed by atoms with E-state index >= 15 is 0 Å². The van der Waals surface area contributed by atoms with Gasteiger partial charge in [-0.1, -0.05) is 0 Å². The summed E-state index contributed by atoms with van der Waals surface area (Å²) in [6, 6.07) is 5.69. The van der Waals surface area contributed by atoms with Crippen molar-refractivity contribution in [3.05, 3.63) is 24.3 Å². The van der Waals surface area contributed by atoms with Gasteiger partial charge in [0.1, 0.15) is 0 Å². The molecule has 0 aliphatic heterocycles. The van der Waals surface area contributed by atoms with Gasteiger partial charge >= 0.3 is 5.97 Å². The number of carbonyl (C=O) groups is 1. The topological polar surface area (TPSA) is 111 Å². The van der Waals surface area contributed by atoms with E-state index in [9.17, 15) is 13.2 Å². The van der Waals surface area contributed by atoms with E-state index in [1.165, 1.54) is 31.2 Å². The Balaban J connectivity index is 2.72. The maximum Gasteiger partial charge on any atom is 0.311 e. The highest BCUT2D eigenvalue weighted by atomic mass is 32.2. The van der Waals surface area contributed by atoms with E-state index in [1.807, 2.05) is 0 Å². The summed E-state index contributed by atoms with van der Waals surface area (Å²) in [6.45, 7) is 3.49. The number of carbonyl (C=O) groups excluding carboxylic acids is 1. The van der Waals surface area contributed by atoms with Crippen LogP contribution in [0.2, 0.25) is 0 Å². The van der Waals surface area contributed by atoms with Crippen molar-refractivity contribution in [1.82, 2.24) is 4.83 Å². The number of esters is 1. The van der Waals surface area contributed by atoms with Crippen molar-refractivity contribution in [3.63, 3.8) is 0 Å². The third kappa shape index (κ3) is 4.88. The van der Waals surface area contributed by atoms with Crippen molar-refractivity contribution in [1.29, 1.82) is 0 Å². The number of benzene rings is 1. The summed E-state index contributed by atoms with van der Waals surface area (Å²) in [7, 11) is -3.77. The number of hydrogen-bond acceptors (Lipinski definition) is 6. The summed E-state index contributed by atoms with van der Waals surface area (Å²) >= 11 is 0. The molecule has 110 valence electrons. The van der Waals surface area contributed by atoms with Crippen LogP contribution in [0.4, 0.5) is 5.69 Å². The number of nitrogens with two attached hydrogens (primary N) is 1. The summed E-state index contributed by atoms with van der Waals surface area (Å²) in [6.07, 6.45) is -0.0713. The fourth-order valence-corrected chi connectivity index (χ4v) is 2.17. The average molecular weight is 299 g/mol. The van der Waals surface area contributed by atoms with E-state index in [2.05, 4.69) is 9.93 Å². The predicted octanol–water partition coefficient (Wildman–Crippen LogP) is 0.876. The van der Waals surface area contributed by atoms with Crippen LogP contribution in [0.25, 0.3) is 0 Å². The third-order valence-corrected chi connectivity index (χ3v) is 3.48. The Morgan fingerprint density at radius 3 is 2.50 bits per heavy atom. The molecule has 0 heterocycles. The van der Waals surface area contributed by atoms with Crippen molar-refractivity contribution >= 4 is 27.4 Å². The van der Waals surface area contributed by atoms with Gasteiger partial charge < -0.3 is 10.5 Å². The van der Waals surface area contributed by atoms with Gasteiger partial charge in [0.2, 0.25) is 0 Å². The lowest BCUT2D eigenvalue weighted by Gasteiger charge is -2.05. The maximum absolute atomic E-state index is 11.9. The molecule has 20 heavy (non-hydrogen) atoms. The smallest absolute Gasteiger partial charge is 0.311 e. The lowest BCUT2D eigenvalue weighted by molar-refractivity contribution is -0.141. The van der Waals surface area contributed by atoms with E-state index in [4.69, 9.17) is 10.5 Å². The number of anilines is 1. The van der Waals surface area contributed by atoms with Gasteiger partial charge in [0, 0.05) is 11.4 Å². The van der Waals surface area contributed by atoms with Crippen LogP contribution in [0.15, 0.2) is 34.3 Å². The van der Waals surface area contributed by atoms with Crippen molar-refractivity contribution in [2.24, 2.45) is 5.10 Å². The van der Waals surface area contributed by atoms with Crippen LogP contribution in [-0.2, 0) is 19.6 Å². The molecule has 0 aliphatic carbocycles. The molecule has 0 aliphatic rings. The molecule has 0 saturated carbocycles. The van der Waals surface area contributed by atoms with Gasteiger partial charge in [-0.05, 0) is 38.1 Å². The minimum Gasteiger partial charge on any atom is -0.466 e. The van der Waals surface area contributed by atoms with Gasteiger partial charge in [-0.15, -0.1) is 0 Å². The molecule has 7 nitrogen and oxygen atoms in total. The Labute approximate surface area is 117 Å². The Morgan fingerprint density at radius 1 is 1.35 bits per heavy atom. The molecular formula is C12H17N3O4S. The third-order valence-electron chi connectivity index (χ3n) is 2.25. The molecule has 0 saturated heterocycles. The second kappa shape index (κ2) is 6.90. The summed E-state index contributed by atoms with van der Waals surface area (Å²) in [5.74, 6) is -0.458. The summed E-state index contributed by atoms with van der Waals surface area (Å²) in [4.78, 5) is 13.3. The van der Waals surface area contributed by atoms with Gasteiger partial charge in [0.05, 0.1) is 17.9 Å². The monoisotopic (exact) mass is 299 g/mol. The first kappa shape index (κ1) is 16.0. The first-order valence-electron chi connectivity index (χ1n) is 5.91. The van der Waals surface area contributed by atoms with Crippen LogP contribution in [0.3, 0.4) is 0 Å². The number of nitrogens with one attached hydrogen (secondary N) is 1. The quantitative estimate of drug-likeness (QED) is 0.350. The Hall–Kier alpha value is -2.09. The predicted molar refractivity (Wildman–Crippen MR) is 75.5 cm³/mol. The van der Waals surface area contributed by atoms with E-state index in [-0.39, 0.29) is 17.9 Å². The van der Waals surface area contributed by atoms with Crippen molar-refractivity contribution in [3.8, 4) is 0 Å². The molecule has 1 aromatic carbocycles. The maximum atomic E-state index is 11.9. The molecule has 0 aromatic heterocycles.